The Morgan fingerprint density at radius 3 is 2.42 bits per heavy atom. The summed E-state index contributed by atoms with van der Waals surface area (Å²) >= 11 is 0. The number of nitrogens with one attached hydrogen (secondary N) is 2. The fraction of sp³-hybridized carbons (Fsp3) is 0.154. The number of aromatic nitrogens is 1. The van der Waals surface area contributed by atoms with Crippen LogP contribution in [0.25, 0.3) is 0 Å². The van der Waals surface area contributed by atoms with Gasteiger partial charge in [0, 0.05) is 18.9 Å². The fourth-order valence-corrected chi connectivity index (χ4v) is 2.85. The summed E-state index contributed by atoms with van der Waals surface area (Å²) in [6, 6.07) is 10.2. The molecule has 0 fully saturated rings. The molecule has 0 saturated carbocycles. The molecule has 6 heteroatoms. The highest BCUT2D eigenvalue weighted by Crippen LogP contribution is 2.21. The molecule has 5 nitrogen and oxygen atoms in total. The van der Waals surface area contributed by atoms with E-state index in [0.29, 0.717) is 11.5 Å². The zero-order valence-corrected chi connectivity index (χ0v) is 11.5. The molecule has 0 aliphatic rings. The molecule has 0 bridgehead atoms. The first-order valence-electron chi connectivity index (χ1n) is 5.75. The van der Waals surface area contributed by atoms with Crippen LogP contribution in [0.2, 0.25) is 0 Å². The van der Waals surface area contributed by atoms with E-state index in [9.17, 15) is 8.42 Å². The number of hydrogen-bond donors (Lipinski definition) is 2. The average molecular weight is 277 g/mol. The number of nitrogens with zero attached hydrogens (tertiary/aromatic N) is 1. The Bertz CT molecular complexity index is 667. The summed E-state index contributed by atoms with van der Waals surface area (Å²) in [6.07, 6.45) is 1.54. The zero-order valence-electron chi connectivity index (χ0n) is 10.7. The summed E-state index contributed by atoms with van der Waals surface area (Å²) in [4.78, 5) is 4.11. The Balaban J connectivity index is 2.35. The Morgan fingerprint density at radius 1 is 1.11 bits per heavy atom. The number of rotatable bonds is 4. The first kappa shape index (κ1) is 13.4. The van der Waals surface area contributed by atoms with Crippen molar-refractivity contribution in [1.82, 2.24) is 4.98 Å². The molecule has 1 heterocycles. The molecule has 2 rings (SSSR count). The second-order valence-electron chi connectivity index (χ2n) is 4.07. The number of pyridine rings is 1. The Labute approximate surface area is 112 Å². The highest BCUT2D eigenvalue weighted by Gasteiger charge is 2.18. The lowest BCUT2D eigenvalue weighted by atomic mass is 10.2. The molecule has 2 N–H and O–H groups in total. The smallest absolute Gasteiger partial charge is 0.265 e. The van der Waals surface area contributed by atoms with Crippen LogP contribution in [0.1, 0.15) is 5.56 Å². The minimum atomic E-state index is -3.64. The number of benzene rings is 1. The fourth-order valence-electron chi connectivity index (χ4n) is 1.63. The van der Waals surface area contributed by atoms with Crippen molar-refractivity contribution >= 4 is 21.5 Å². The van der Waals surface area contributed by atoms with Crippen molar-refractivity contribution < 1.29 is 8.42 Å². The molecule has 19 heavy (non-hydrogen) atoms. The van der Waals surface area contributed by atoms with Gasteiger partial charge in [0.05, 0.1) is 0 Å². The first-order chi connectivity index (χ1) is 9.03. The third kappa shape index (κ3) is 3.03. The highest BCUT2D eigenvalue weighted by atomic mass is 32.2. The zero-order chi connectivity index (χ0) is 13.9. The number of aryl methyl sites for hydroxylation is 1. The van der Waals surface area contributed by atoms with E-state index in [4.69, 9.17) is 0 Å². The SMILES string of the molecule is CNc1ncccc1S(=O)(=O)Nc1ccc(C)cc1. The molecule has 0 aliphatic heterocycles. The van der Waals surface area contributed by atoms with Crippen molar-refractivity contribution in [3.8, 4) is 0 Å². The summed E-state index contributed by atoms with van der Waals surface area (Å²) in [7, 11) is -2.01. The van der Waals surface area contributed by atoms with Crippen molar-refractivity contribution in [1.29, 1.82) is 0 Å². The molecule has 0 atom stereocenters. The van der Waals surface area contributed by atoms with Crippen molar-refractivity contribution in [3.63, 3.8) is 0 Å². The quantitative estimate of drug-likeness (QED) is 0.899. The minimum absolute atomic E-state index is 0.123. The van der Waals surface area contributed by atoms with E-state index in [1.165, 1.54) is 12.3 Å². The molecule has 0 unspecified atom stereocenters. The van der Waals surface area contributed by atoms with Crippen molar-refractivity contribution in [2.75, 3.05) is 17.1 Å². The van der Waals surface area contributed by atoms with Crippen LogP contribution in [0.15, 0.2) is 47.5 Å². The van der Waals surface area contributed by atoms with Crippen LogP contribution in [0, 0.1) is 6.92 Å². The number of hydrogen-bond acceptors (Lipinski definition) is 4. The third-order valence-electron chi connectivity index (χ3n) is 2.60. The molecule has 100 valence electrons. The molecule has 0 spiro atoms. The molecule has 0 saturated heterocycles. The second kappa shape index (κ2) is 5.27. The maximum absolute atomic E-state index is 12.3. The van der Waals surface area contributed by atoms with Gasteiger partial charge in [-0.05, 0) is 31.2 Å². The summed E-state index contributed by atoms with van der Waals surface area (Å²) in [5.74, 6) is 0.321. The van der Waals surface area contributed by atoms with Crippen molar-refractivity contribution in [2.24, 2.45) is 0 Å². The van der Waals surface area contributed by atoms with Crippen molar-refractivity contribution in [2.45, 2.75) is 11.8 Å². The molecular formula is C13H15N3O2S. The predicted molar refractivity (Wildman–Crippen MR) is 75.8 cm³/mol. The van der Waals surface area contributed by atoms with Crippen LogP contribution in [-0.4, -0.2) is 20.4 Å². The third-order valence-corrected chi connectivity index (χ3v) is 4.01. The van der Waals surface area contributed by atoms with Crippen LogP contribution < -0.4 is 10.0 Å². The largest absolute Gasteiger partial charge is 0.372 e. The van der Waals surface area contributed by atoms with Crippen LogP contribution in [0.5, 0.6) is 0 Å². The molecule has 2 aromatic rings. The summed E-state index contributed by atoms with van der Waals surface area (Å²) in [5, 5.41) is 2.77. The van der Waals surface area contributed by atoms with Gasteiger partial charge >= 0.3 is 0 Å². The molecular weight excluding hydrogens is 262 g/mol. The molecule has 0 amide bonds. The molecule has 1 aromatic carbocycles. The number of anilines is 2. The van der Waals surface area contributed by atoms with Gasteiger partial charge in [0.15, 0.2) is 0 Å². The van der Waals surface area contributed by atoms with Gasteiger partial charge in [0.2, 0.25) is 0 Å². The van der Waals surface area contributed by atoms with Crippen LogP contribution >= 0.6 is 0 Å². The van der Waals surface area contributed by atoms with Crippen LogP contribution in [0.4, 0.5) is 11.5 Å². The monoisotopic (exact) mass is 277 g/mol. The van der Waals surface area contributed by atoms with Gasteiger partial charge in [-0.1, -0.05) is 17.7 Å². The van der Waals surface area contributed by atoms with E-state index >= 15 is 0 Å². The summed E-state index contributed by atoms with van der Waals surface area (Å²) < 4.78 is 27.1. The van der Waals surface area contributed by atoms with E-state index in [1.807, 2.05) is 19.1 Å². The maximum Gasteiger partial charge on any atom is 0.265 e. The summed E-state index contributed by atoms with van der Waals surface area (Å²) in [5.41, 5.74) is 1.59. The topological polar surface area (TPSA) is 71.1 Å². The predicted octanol–water partition coefficient (Wildman–Crippen LogP) is 2.23. The van der Waals surface area contributed by atoms with Gasteiger partial charge in [-0.3, -0.25) is 4.72 Å². The van der Waals surface area contributed by atoms with E-state index in [0.717, 1.165) is 5.56 Å². The van der Waals surface area contributed by atoms with Crippen molar-refractivity contribution in [3.05, 3.63) is 48.2 Å². The Hall–Kier alpha value is -2.08. The van der Waals surface area contributed by atoms with E-state index in [1.54, 1.807) is 25.2 Å². The summed E-state index contributed by atoms with van der Waals surface area (Å²) in [6.45, 7) is 1.94. The van der Waals surface area contributed by atoms with Gasteiger partial charge in [-0.15, -0.1) is 0 Å². The van der Waals surface area contributed by atoms with Gasteiger partial charge in [0.25, 0.3) is 10.0 Å². The highest BCUT2D eigenvalue weighted by molar-refractivity contribution is 7.92. The maximum atomic E-state index is 12.3. The lowest BCUT2D eigenvalue weighted by molar-refractivity contribution is 0.601. The van der Waals surface area contributed by atoms with E-state index in [-0.39, 0.29) is 4.90 Å². The standard InChI is InChI=1S/C13H15N3O2S/c1-10-5-7-11(8-6-10)16-19(17,18)12-4-3-9-15-13(12)14-2/h3-9,16H,1-2H3,(H,14,15). The molecule has 0 aliphatic carbocycles. The minimum Gasteiger partial charge on any atom is -0.372 e. The normalized spacial score (nSPS) is 11.1. The number of sulfonamides is 1. The van der Waals surface area contributed by atoms with Crippen LogP contribution in [0.3, 0.4) is 0 Å². The molecule has 0 radical (unpaired) electrons. The van der Waals surface area contributed by atoms with Gasteiger partial charge in [-0.2, -0.15) is 0 Å². The van der Waals surface area contributed by atoms with Gasteiger partial charge in [0.1, 0.15) is 10.7 Å². The lowest BCUT2D eigenvalue weighted by Crippen LogP contribution is -2.15. The van der Waals surface area contributed by atoms with Gasteiger partial charge in [-0.25, -0.2) is 13.4 Å². The lowest BCUT2D eigenvalue weighted by Gasteiger charge is -2.11. The Kier molecular flexibility index (Phi) is 3.71. The Morgan fingerprint density at radius 2 is 1.79 bits per heavy atom. The van der Waals surface area contributed by atoms with Crippen LogP contribution in [-0.2, 0) is 10.0 Å². The van der Waals surface area contributed by atoms with E-state index < -0.39 is 10.0 Å². The first-order valence-corrected chi connectivity index (χ1v) is 7.23. The molecule has 1 aromatic heterocycles. The van der Waals surface area contributed by atoms with E-state index in [2.05, 4.69) is 15.0 Å². The van der Waals surface area contributed by atoms with Gasteiger partial charge < -0.3 is 5.32 Å². The average Bonchev–Trinajstić information content (AvgIpc) is 2.41. The second-order valence-corrected chi connectivity index (χ2v) is 5.72.